The predicted octanol–water partition coefficient (Wildman–Crippen LogP) is 5.13. The molecule has 9 heteroatoms. The smallest absolute Gasteiger partial charge is 0.253 e. The Bertz CT molecular complexity index is 1760. The van der Waals surface area contributed by atoms with Gasteiger partial charge in [-0.3, -0.25) is 14.4 Å². The number of carbonyl (C=O) groups is 3. The summed E-state index contributed by atoms with van der Waals surface area (Å²) in [6.07, 6.45) is 8.07. The van der Waals surface area contributed by atoms with Gasteiger partial charge in [0.15, 0.2) is 0 Å². The molecule has 0 aromatic heterocycles. The van der Waals surface area contributed by atoms with Crippen molar-refractivity contribution < 1.29 is 24.2 Å². The van der Waals surface area contributed by atoms with Crippen LogP contribution in [-0.4, -0.2) is 77.8 Å². The SMILES string of the molecule is CCN(CC)c1ccc(N2CC=C[C@]34O[C@]5(CC)C=CCN(c6ccccc6)C(=O)[C@@H]5[C@H]3C(=O)N([C@H](CO)c3ccccc3)C4C2=O)cc1. The van der Waals surface area contributed by atoms with E-state index in [2.05, 4.69) is 18.7 Å². The third-order valence-corrected chi connectivity index (χ3v) is 10.9. The number of para-hydroxylation sites is 1. The molecule has 1 unspecified atom stereocenters. The first-order valence-corrected chi connectivity index (χ1v) is 17.4. The van der Waals surface area contributed by atoms with Crippen molar-refractivity contribution in [3.8, 4) is 0 Å². The molecule has 254 valence electrons. The molecule has 3 aromatic carbocycles. The number of nitrogens with zero attached hydrogens (tertiary/aromatic N) is 4. The summed E-state index contributed by atoms with van der Waals surface area (Å²) >= 11 is 0. The standard InChI is InChI=1S/C40H44N4O5/c1-4-39-23-13-25-42(30-17-11-8-12-18-30)36(46)33(39)34-37(47)44(32(27-45)28-15-9-7-10-16-28)35-38(48)43(26-14-24-40(34,35)49-39)31-21-19-29(20-22-31)41(5-2)6-3/h7-24,32-35,45H,4-6,25-27H2,1-3H3/t32-,33+,34+,35?,39-,40+/m1/s1. The molecule has 2 fully saturated rings. The molecule has 1 spiro atoms. The van der Waals surface area contributed by atoms with Crippen LogP contribution < -0.4 is 14.7 Å². The lowest BCUT2D eigenvalue weighted by Gasteiger charge is -2.41. The maximum Gasteiger partial charge on any atom is 0.253 e. The zero-order valence-electron chi connectivity index (χ0n) is 28.3. The highest BCUT2D eigenvalue weighted by Gasteiger charge is 2.76. The van der Waals surface area contributed by atoms with E-state index in [-0.39, 0.29) is 24.3 Å². The monoisotopic (exact) mass is 660 g/mol. The third-order valence-electron chi connectivity index (χ3n) is 10.9. The van der Waals surface area contributed by atoms with Gasteiger partial charge in [-0.05, 0) is 62.2 Å². The Kier molecular flexibility index (Phi) is 8.67. The maximum absolute atomic E-state index is 15.2. The van der Waals surface area contributed by atoms with Crippen molar-refractivity contribution >= 4 is 34.8 Å². The van der Waals surface area contributed by atoms with Gasteiger partial charge in [0.25, 0.3) is 5.91 Å². The number of carbonyl (C=O) groups excluding carboxylic acids is 3. The molecular weight excluding hydrogens is 616 g/mol. The summed E-state index contributed by atoms with van der Waals surface area (Å²) in [7, 11) is 0. The number of fused-ring (bicyclic) bond motifs is 2. The molecular formula is C40H44N4O5. The van der Waals surface area contributed by atoms with Crippen LogP contribution in [0.1, 0.15) is 38.8 Å². The lowest BCUT2D eigenvalue weighted by atomic mass is 9.73. The lowest BCUT2D eigenvalue weighted by Crippen LogP contribution is -2.57. The number of hydrogen-bond acceptors (Lipinski definition) is 6. The molecule has 0 saturated carbocycles. The van der Waals surface area contributed by atoms with E-state index in [1.54, 1.807) is 9.80 Å². The molecule has 4 aliphatic heterocycles. The molecule has 3 aromatic rings. The number of amides is 3. The van der Waals surface area contributed by atoms with Gasteiger partial charge in [0, 0.05) is 43.2 Å². The van der Waals surface area contributed by atoms with Crippen LogP contribution in [0.5, 0.6) is 0 Å². The fourth-order valence-electron chi connectivity index (χ4n) is 8.57. The van der Waals surface area contributed by atoms with Crippen LogP contribution in [0.3, 0.4) is 0 Å². The Morgan fingerprint density at radius 1 is 0.755 bits per heavy atom. The van der Waals surface area contributed by atoms with Crippen molar-refractivity contribution in [2.24, 2.45) is 11.8 Å². The van der Waals surface area contributed by atoms with Crippen LogP contribution in [0.2, 0.25) is 0 Å². The molecule has 0 aliphatic carbocycles. The molecule has 7 rings (SSSR count). The van der Waals surface area contributed by atoms with E-state index in [0.29, 0.717) is 24.2 Å². The molecule has 0 radical (unpaired) electrons. The van der Waals surface area contributed by atoms with E-state index < -0.39 is 41.7 Å². The Balaban J connectivity index is 1.37. The summed E-state index contributed by atoms with van der Waals surface area (Å²) < 4.78 is 7.18. The van der Waals surface area contributed by atoms with Crippen LogP contribution in [-0.2, 0) is 19.1 Å². The van der Waals surface area contributed by atoms with E-state index in [9.17, 15) is 9.90 Å². The quantitative estimate of drug-likeness (QED) is 0.320. The van der Waals surface area contributed by atoms with Crippen LogP contribution >= 0.6 is 0 Å². The highest BCUT2D eigenvalue weighted by atomic mass is 16.5. The van der Waals surface area contributed by atoms with Crippen molar-refractivity contribution in [1.82, 2.24) is 4.90 Å². The topological polar surface area (TPSA) is 93.6 Å². The Hall–Kier alpha value is -4.73. The van der Waals surface area contributed by atoms with E-state index in [4.69, 9.17) is 4.74 Å². The Labute approximate surface area is 288 Å². The first-order valence-electron chi connectivity index (χ1n) is 17.4. The van der Waals surface area contributed by atoms with Gasteiger partial charge in [0.1, 0.15) is 11.6 Å². The maximum atomic E-state index is 15.2. The highest BCUT2D eigenvalue weighted by Crippen LogP contribution is 2.60. The largest absolute Gasteiger partial charge is 0.394 e. The number of hydrogen-bond donors (Lipinski definition) is 1. The molecule has 4 heterocycles. The van der Waals surface area contributed by atoms with Gasteiger partial charge in [0.2, 0.25) is 11.8 Å². The lowest BCUT2D eigenvalue weighted by molar-refractivity contribution is -0.149. The molecule has 6 atom stereocenters. The van der Waals surface area contributed by atoms with Crippen molar-refractivity contribution in [1.29, 1.82) is 0 Å². The number of rotatable bonds is 9. The molecule has 2 saturated heterocycles. The number of ether oxygens (including phenoxy) is 1. The van der Waals surface area contributed by atoms with Crippen LogP contribution in [0.15, 0.2) is 109 Å². The summed E-state index contributed by atoms with van der Waals surface area (Å²) in [5.74, 6) is -2.81. The zero-order chi connectivity index (χ0) is 34.3. The second-order valence-corrected chi connectivity index (χ2v) is 13.2. The molecule has 3 amide bonds. The van der Waals surface area contributed by atoms with Crippen LogP contribution in [0.25, 0.3) is 0 Å². The minimum atomic E-state index is -1.45. The molecule has 1 N–H and O–H groups in total. The van der Waals surface area contributed by atoms with E-state index in [1.165, 1.54) is 4.90 Å². The first-order chi connectivity index (χ1) is 23.8. The zero-order valence-corrected chi connectivity index (χ0v) is 28.3. The second kappa shape index (κ2) is 12.9. The average Bonchev–Trinajstić information content (AvgIpc) is 3.43. The van der Waals surface area contributed by atoms with Gasteiger partial charge >= 0.3 is 0 Å². The van der Waals surface area contributed by atoms with Crippen molar-refractivity contribution in [2.45, 2.75) is 50.5 Å². The van der Waals surface area contributed by atoms with E-state index >= 15 is 9.59 Å². The Morgan fingerprint density at radius 2 is 1.35 bits per heavy atom. The van der Waals surface area contributed by atoms with Crippen molar-refractivity contribution in [3.05, 3.63) is 115 Å². The summed E-state index contributed by atoms with van der Waals surface area (Å²) in [6.45, 7) is 8.09. The Morgan fingerprint density at radius 3 is 1.96 bits per heavy atom. The van der Waals surface area contributed by atoms with Gasteiger partial charge in [-0.25, -0.2) is 0 Å². The van der Waals surface area contributed by atoms with Crippen LogP contribution in [0.4, 0.5) is 17.1 Å². The third kappa shape index (κ3) is 5.09. The summed E-state index contributed by atoms with van der Waals surface area (Å²) in [5.41, 5.74) is 0.618. The summed E-state index contributed by atoms with van der Waals surface area (Å²) in [6, 6.07) is 24.7. The predicted molar refractivity (Wildman–Crippen MR) is 190 cm³/mol. The van der Waals surface area contributed by atoms with Gasteiger partial charge < -0.3 is 29.4 Å². The molecule has 4 aliphatic rings. The highest BCUT2D eigenvalue weighted by molar-refractivity contribution is 6.08. The fourth-order valence-corrected chi connectivity index (χ4v) is 8.57. The van der Waals surface area contributed by atoms with Crippen molar-refractivity contribution in [2.75, 3.05) is 47.5 Å². The number of aliphatic hydroxyl groups is 1. The first kappa shape index (κ1) is 32.8. The minimum Gasteiger partial charge on any atom is -0.394 e. The number of likely N-dealkylation sites (tertiary alicyclic amines) is 1. The van der Waals surface area contributed by atoms with E-state index in [0.717, 1.165) is 24.5 Å². The summed E-state index contributed by atoms with van der Waals surface area (Å²) in [4.78, 5) is 52.3. The molecule has 9 nitrogen and oxygen atoms in total. The molecule has 49 heavy (non-hydrogen) atoms. The molecule has 0 bridgehead atoms. The minimum absolute atomic E-state index is 0.219. The van der Waals surface area contributed by atoms with Crippen LogP contribution in [0, 0.1) is 11.8 Å². The number of benzene rings is 3. The van der Waals surface area contributed by atoms with E-state index in [1.807, 2.05) is 116 Å². The average molecular weight is 661 g/mol. The van der Waals surface area contributed by atoms with Gasteiger partial charge in [-0.1, -0.05) is 79.8 Å². The van der Waals surface area contributed by atoms with Gasteiger partial charge in [-0.2, -0.15) is 0 Å². The number of aliphatic hydroxyl groups excluding tert-OH is 1. The number of anilines is 3. The van der Waals surface area contributed by atoms with Gasteiger partial charge in [-0.15, -0.1) is 0 Å². The summed E-state index contributed by atoms with van der Waals surface area (Å²) in [5, 5.41) is 10.9. The second-order valence-electron chi connectivity index (χ2n) is 13.2. The van der Waals surface area contributed by atoms with Gasteiger partial charge in [0.05, 0.1) is 30.1 Å². The van der Waals surface area contributed by atoms with Crippen molar-refractivity contribution in [3.63, 3.8) is 0 Å². The normalized spacial score (nSPS) is 28.2. The fraction of sp³-hybridized carbons (Fsp3) is 0.375.